The van der Waals surface area contributed by atoms with Crippen LogP contribution in [0.4, 0.5) is 5.69 Å². The molecule has 0 saturated carbocycles. The van der Waals surface area contributed by atoms with E-state index in [2.05, 4.69) is 15.8 Å². The summed E-state index contributed by atoms with van der Waals surface area (Å²) in [5.74, 6) is -2.11. The first-order chi connectivity index (χ1) is 13.5. The number of H-pyrrole nitrogens is 1. The number of para-hydroxylation sites is 1. The summed E-state index contributed by atoms with van der Waals surface area (Å²) < 4.78 is 4.94. The van der Waals surface area contributed by atoms with Gasteiger partial charge in [0.1, 0.15) is 0 Å². The van der Waals surface area contributed by atoms with Crippen LogP contribution in [0, 0.1) is 10.1 Å². The number of nitro groups is 1. The molecule has 0 saturated heterocycles. The number of esters is 1. The van der Waals surface area contributed by atoms with Crippen molar-refractivity contribution >= 4 is 34.4 Å². The third-order valence-corrected chi connectivity index (χ3v) is 3.80. The molecule has 3 aromatic rings. The standard InChI is InChI=1S/C18H14N4O6/c23-16(20-21-17(24)11-5-7-12(8-6-11)22(26)27)10-28-18(25)14-9-19-15-4-2-1-3-13(14)15/h1-9,19H,10H2,(H,20,23)(H,21,24). The first-order valence-electron chi connectivity index (χ1n) is 8.02. The molecule has 0 aliphatic carbocycles. The van der Waals surface area contributed by atoms with Gasteiger partial charge in [0, 0.05) is 34.8 Å². The van der Waals surface area contributed by atoms with Gasteiger partial charge in [-0.25, -0.2) is 4.79 Å². The Labute approximate surface area is 157 Å². The first-order valence-corrected chi connectivity index (χ1v) is 8.02. The summed E-state index contributed by atoms with van der Waals surface area (Å²) in [6, 6.07) is 12.0. The van der Waals surface area contributed by atoms with Gasteiger partial charge in [-0.3, -0.25) is 30.6 Å². The van der Waals surface area contributed by atoms with Crippen LogP contribution in [0.2, 0.25) is 0 Å². The lowest BCUT2D eigenvalue weighted by Gasteiger charge is -2.08. The maximum Gasteiger partial charge on any atom is 0.340 e. The highest BCUT2D eigenvalue weighted by molar-refractivity contribution is 6.04. The maximum absolute atomic E-state index is 12.1. The molecule has 0 atom stereocenters. The molecule has 2 amide bonds. The van der Waals surface area contributed by atoms with Crippen molar-refractivity contribution in [3.8, 4) is 0 Å². The molecule has 3 rings (SSSR count). The molecule has 2 aromatic carbocycles. The minimum atomic E-state index is -0.747. The number of hydrogen-bond donors (Lipinski definition) is 3. The third-order valence-electron chi connectivity index (χ3n) is 3.80. The Bertz CT molecular complexity index is 1060. The van der Waals surface area contributed by atoms with Gasteiger partial charge in [-0.15, -0.1) is 0 Å². The van der Waals surface area contributed by atoms with Crippen LogP contribution in [0.25, 0.3) is 10.9 Å². The molecule has 142 valence electrons. The van der Waals surface area contributed by atoms with Crippen LogP contribution in [0.15, 0.2) is 54.7 Å². The molecule has 10 heteroatoms. The van der Waals surface area contributed by atoms with Gasteiger partial charge in [0.05, 0.1) is 10.5 Å². The highest BCUT2D eigenvalue weighted by Crippen LogP contribution is 2.18. The Kier molecular flexibility index (Phi) is 5.30. The van der Waals surface area contributed by atoms with E-state index in [9.17, 15) is 24.5 Å². The van der Waals surface area contributed by atoms with Gasteiger partial charge in [0.25, 0.3) is 17.5 Å². The van der Waals surface area contributed by atoms with Gasteiger partial charge in [0.15, 0.2) is 6.61 Å². The van der Waals surface area contributed by atoms with Crippen LogP contribution >= 0.6 is 0 Å². The van der Waals surface area contributed by atoms with Crippen LogP contribution in [0.1, 0.15) is 20.7 Å². The molecule has 10 nitrogen and oxygen atoms in total. The predicted molar refractivity (Wildman–Crippen MR) is 97.3 cm³/mol. The fourth-order valence-corrected chi connectivity index (χ4v) is 2.42. The van der Waals surface area contributed by atoms with Crippen molar-refractivity contribution in [3.63, 3.8) is 0 Å². The normalized spacial score (nSPS) is 10.3. The van der Waals surface area contributed by atoms with Gasteiger partial charge in [-0.05, 0) is 18.2 Å². The molecule has 0 aliphatic heterocycles. The van der Waals surface area contributed by atoms with Gasteiger partial charge in [0.2, 0.25) is 0 Å². The van der Waals surface area contributed by atoms with Crippen molar-refractivity contribution in [1.82, 2.24) is 15.8 Å². The SMILES string of the molecule is O=C(COC(=O)c1c[nH]c2ccccc12)NNC(=O)c1ccc([N+](=O)[O-])cc1. The van der Waals surface area contributed by atoms with E-state index in [4.69, 9.17) is 4.74 Å². The molecule has 1 aromatic heterocycles. The topological polar surface area (TPSA) is 143 Å². The zero-order valence-corrected chi connectivity index (χ0v) is 14.3. The minimum absolute atomic E-state index is 0.113. The average Bonchev–Trinajstić information content (AvgIpc) is 3.14. The van der Waals surface area contributed by atoms with Crippen molar-refractivity contribution < 1.29 is 24.0 Å². The van der Waals surface area contributed by atoms with Crippen LogP contribution in [-0.4, -0.2) is 34.3 Å². The molecule has 0 spiro atoms. The molecular weight excluding hydrogens is 368 g/mol. The number of ether oxygens (including phenoxy) is 1. The average molecular weight is 382 g/mol. The van der Waals surface area contributed by atoms with Gasteiger partial charge in [-0.1, -0.05) is 18.2 Å². The number of carbonyl (C=O) groups excluding carboxylic acids is 3. The Morgan fingerprint density at radius 3 is 2.46 bits per heavy atom. The molecule has 3 N–H and O–H groups in total. The van der Waals surface area contributed by atoms with Crippen LogP contribution in [0.5, 0.6) is 0 Å². The molecular formula is C18H14N4O6. The Balaban J connectivity index is 1.49. The quantitative estimate of drug-likeness (QED) is 0.348. The molecule has 0 unspecified atom stereocenters. The highest BCUT2D eigenvalue weighted by Gasteiger charge is 2.15. The summed E-state index contributed by atoms with van der Waals surface area (Å²) >= 11 is 0. The van der Waals surface area contributed by atoms with E-state index in [0.717, 1.165) is 5.52 Å². The van der Waals surface area contributed by atoms with Crippen molar-refractivity contribution in [3.05, 3.63) is 76.0 Å². The fraction of sp³-hybridized carbons (Fsp3) is 0.0556. The lowest BCUT2D eigenvalue weighted by Crippen LogP contribution is -2.43. The number of fused-ring (bicyclic) bond motifs is 1. The predicted octanol–water partition coefficient (Wildman–Crippen LogP) is 1.69. The van der Waals surface area contributed by atoms with E-state index in [1.54, 1.807) is 18.2 Å². The number of hydrogen-bond acceptors (Lipinski definition) is 6. The second-order valence-electron chi connectivity index (χ2n) is 5.63. The van der Waals surface area contributed by atoms with E-state index in [0.29, 0.717) is 10.9 Å². The summed E-state index contributed by atoms with van der Waals surface area (Å²) in [5.41, 5.74) is 5.23. The van der Waals surface area contributed by atoms with Crippen molar-refractivity contribution in [1.29, 1.82) is 0 Å². The number of rotatable bonds is 5. The van der Waals surface area contributed by atoms with Gasteiger partial charge in [-0.2, -0.15) is 0 Å². The number of carbonyl (C=O) groups is 3. The number of aromatic amines is 1. The summed E-state index contributed by atoms with van der Waals surface area (Å²) in [6.07, 6.45) is 1.49. The Hall–Kier alpha value is -4.21. The number of nitro benzene ring substituents is 1. The van der Waals surface area contributed by atoms with Gasteiger partial charge < -0.3 is 9.72 Å². The summed E-state index contributed by atoms with van der Waals surface area (Å²) in [7, 11) is 0. The molecule has 1 heterocycles. The molecule has 0 bridgehead atoms. The smallest absolute Gasteiger partial charge is 0.340 e. The molecule has 0 fully saturated rings. The van der Waals surface area contributed by atoms with Crippen molar-refractivity contribution in [2.24, 2.45) is 0 Å². The lowest BCUT2D eigenvalue weighted by atomic mass is 10.2. The number of non-ortho nitro benzene ring substituents is 1. The van der Waals surface area contributed by atoms with E-state index < -0.39 is 29.3 Å². The summed E-state index contributed by atoms with van der Waals surface area (Å²) in [4.78, 5) is 48.7. The zero-order chi connectivity index (χ0) is 20.1. The highest BCUT2D eigenvalue weighted by atomic mass is 16.6. The molecule has 28 heavy (non-hydrogen) atoms. The number of benzene rings is 2. The zero-order valence-electron chi connectivity index (χ0n) is 14.3. The number of nitrogens with one attached hydrogen (secondary N) is 3. The first kappa shape index (κ1) is 18.6. The third kappa shape index (κ3) is 4.12. The molecule has 0 radical (unpaired) electrons. The van der Waals surface area contributed by atoms with Crippen molar-refractivity contribution in [2.45, 2.75) is 0 Å². The molecule has 0 aliphatic rings. The van der Waals surface area contributed by atoms with Crippen LogP contribution < -0.4 is 10.9 Å². The van der Waals surface area contributed by atoms with Crippen LogP contribution in [-0.2, 0) is 9.53 Å². The van der Waals surface area contributed by atoms with E-state index in [1.807, 2.05) is 6.07 Å². The minimum Gasteiger partial charge on any atom is -0.452 e. The second-order valence-corrected chi connectivity index (χ2v) is 5.63. The number of aromatic nitrogens is 1. The fourth-order valence-electron chi connectivity index (χ4n) is 2.42. The van der Waals surface area contributed by atoms with E-state index >= 15 is 0 Å². The monoisotopic (exact) mass is 382 g/mol. The Morgan fingerprint density at radius 1 is 1.04 bits per heavy atom. The van der Waals surface area contributed by atoms with Gasteiger partial charge >= 0.3 is 5.97 Å². The van der Waals surface area contributed by atoms with Crippen molar-refractivity contribution in [2.75, 3.05) is 6.61 Å². The number of amides is 2. The second kappa shape index (κ2) is 7.99. The summed E-state index contributed by atoms with van der Waals surface area (Å²) in [5, 5.41) is 11.3. The Morgan fingerprint density at radius 2 is 1.75 bits per heavy atom. The van der Waals surface area contributed by atoms with Crippen LogP contribution in [0.3, 0.4) is 0 Å². The van der Waals surface area contributed by atoms with E-state index in [-0.39, 0.29) is 11.3 Å². The number of nitrogens with zero attached hydrogens (tertiary/aromatic N) is 1. The summed E-state index contributed by atoms with van der Waals surface area (Å²) in [6.45, 7) is -0.598. The van der Waals surface area contributed by atoms with E-state index in [1.165, 1.54) is 30.5 Å². The largest absolute Gasteiger partial charge is 0.452 e. The lowest BCUT2D eigenvalue weighted by molar-refractivity contribution is -0.384. The number of hydrazine groups is 1. The maximum atomic E-state index is 12.1.